The first-order valence-corrected chi connectivity index (χ1v) is 13.1. The minimum atomic E-state index is -0.517. The Hall–Kier alpha value is -1.60. The van der Waals surface area contributed by atoms with Gasteiger partial charge in [-0.25, -0.2) is 4.79 Å². The second-order valence-electron chi connectivity index (χ2n) is 13.1. The Kier molecular flexibility index (Phi) is 5.46. The van der Waals surface area contributed by atoms with E-state index in [1.807, 2.05) is 20.8 Å². The number of pyridine rings is 1. The van der Waals surface area contributed by atoms with Crippen LogP contribution in [0.2, 0.25) is 0 Å². The fourth-order valence-electron chi connectivity index (χ4n) is 6.95. The van der Waals surface area contributed by atoms with Crippen LogP contribution in [0.1, 0.15) is 92.3 Å². The Morgan fingerprint density at radius 2 is 1.85 bits per heavy atom. The molecule has 0 aromatic carbocycles. The highest BCUT2D eigenvalue weighted by molar-refractivity contribution is 6.61. The predicted molar refractivity (Wildman–Crippen MR) is 133 cm³/mol. The number of rotatable bonds is 1. The van der Waals surface area contributed by atoms with Crippen LogP contribution in [0, 0.1) is 17.8 Å². The van der Waals surface area contributed by atoms with Crippen molar-refractivity contribution in [3.8, 4) is 0 Å². The molecule has 0 radical (unpaired) electrons. The quantitative estimate of drug-likeness (QED) is 0.553. The van der Waals surface area contributed by atoms with Gasteiger partial charge in [0, 0.05) is 12.2 Å². The van der Waals surface area contributed by atoms with Crippen LogP contribution in [-0.4, -0.2) is 46.4 Å². The molecule has 0 unspecified atom stereocenters. The van der Waals surface area contributed by atoms with Gasteiger partial charge in [-0.3, -0.25) is 9.88 Å². The van der Waals surface area contributed by atoms with Gasteiger partial charge in [-0.05, 0) is 110 Å². The van der Waals surface area contributed by atoms with Crippen LogP contribution in [0.5, 0.6) is 0 Å². The lowest BCUT2D eigenvalue weighted by molar-refractivity contribution is -0.0933. The molecular formula is C27H41BN2O4. The zero-order valence-corrected chi connectivity index (χ0v) is 22.2. The average Bonchev–Trinajstić information content (AvgIpc) is 2.92. The monoisotopic (exact) mass is 468 g/mol. The second kappa shape index (κ2) is 7.70. The molecular weight excluding hydrogens is 427 g/mol. The van der Waals surface area contributed by atoms with Crippen LogP contribution in [0.25, 0.3) is 0 Å². The molecule has 6 nitrogen and oxygen atoms in total. The summed E-state index contributed by atoms with van der Waals surface area (Å²) in [5, 5.41) is 0. The number of amides is 1. The van der Waals surface area contributed by atoms with Crippen molar-refractivity contribution in [1.29, 1.82) is 0 Å². The number of hydrogen-bond acceptors (Lipinski definition) is 5. The van der Waals surface area contributed by atoms with Crippen LogP contribution in [0.3, 0.4) is 0 Å². The van der Waals surface area contributed by atoms with Crippen LogP contribution >= 0.6 is 0 Å². The van der Waals surface area contributed by atoms with Gasteiger partial charge in [-0.2, -0.15) is 0 Å². The van der Waals surface area contributed by atoms with E-state index in [1.165, 1.54) is 12.0 Å². The fraction of sp³-hybridized carbons (Fsp3) is 0.778. The van der Waals surface area contributed by atoms with Crippen molar-refractivity contribution < 1.29 is 18.8 Å². The SMILES string of the molecule is C[C@@H]1C[C@H]2Cc3nc(B4OC(C)(C)C(C)(C)O4)ccc3[C@@]3(C1)[C@@H]2CCCN3C(=O)OC(C)(C)C. The van der Waals surface area contributed by atoms with Gasteiger partial charge in [-0.1, -0.05) is 13.0 Å². The smallest absolute Gasteiger partial charge is 0.444 e. The molecule has 2 aliphatic heterocycles. The summed E-state index contributed by atoms with van der Waals surface area (Å²) in [5.41, 5.74) is 1.50. The molecule has 0 spiro atoms. The number of likely N-dealkylation sites (tertiary alicyclic amines) is 1. The van der Waals surface area contributed by atoms with Crippen LogP contribution in [0.15, 0.2) is 12.1 Å². The summed E-state index contributed by atoms with van der Waals surface area (Å²) in [7, 11) is -0.474. The molecule has 2 aliphatic carbocycles. The molecule has 2 bridgehead atoms. The minimum Gasteiger partial charge on any atom is -0.444 e. The Morgan fingerprint density at radius 1 is 1.18 bits per heavy atom. The maximum absolute atomic E-state index is 13.5. The first-order valence-electron chi connectivity index (χ1n) is 13.1. The van der Waals surface area contributed by atoms with Crippen molar-refractivity contribution in [2.75, 3.05) is 6.54 Å². The number of carbonyl (C=O) groups is 1. The van der Waals surface area contributed by atoms with Crippen molar-refractivity contribution in [3.05, 3.63) is 23.4 Å². The summed E-state index contributed by atoms with van der Waals surface area (Å²) >= 11 is 0. The molecule has 5 rings (SSSR count). The Morgan fingerprint density at radius 3 is 2.50 bits per heavy atom. The number of nitrogens with zero attached hydrogens (tertiary/aromatic N) is 2. The average molecular weight is 468 g/mol. The van der Waals surface area contributed by atoms with Crippen LogP contribution in [0.4, 0.5) is 4.79 Å². The lowest BCUT2D eigenvalue weighted by atomic mass is 9.53. The van der Waals surface area contributed by atoms with E-state index in [2.05, 4.69) is 51.7 Å². The summed E-state index contributed by atoms with van der Waals surface area (Å²) in [4.78, 5) is 20.8. The Balaban J connectivity index is 1.57. The molecule has 1 saturated carbocycles. The molecule has 186 valence electrons. The number of carbonyl (C=O) groups excluding carboxylic acids is 1. The van der Waals surface area contributed by atoms with E-state index < -0.39 is 23.9 Å². The van der Waals surface area contributed by atoms with E-state index in [-0.39, 0.29) is 11.6 Å². The summed E-state index contributed by atoms with van der Waals surface area (Å²) in [5.74, 6) is 1.55. The van der Waals surface area contributed by atoms with Gasteiger partial charge in [0.1, 0.15) is 5.60 Å². The zero-order chi connectivity index (χ0) is 24.7. The van der Waals surface area contributed by atoms with Gasteiger partial charge >= 0.3 is 13.2 Å². The summed E-state index contributed by atoms with van der Waals surface area (Å²) < 4.78 is 18.5. The molecule has 4 aliphatic rings. The third-order valence-electron chi connectivity index (χ3n) is 8.95. The number of hydrogen-bond donors (Lipinski definition) is 0. The second-order valence-corrected chi connectivity index (χ2v) is 13.1. The summed E-state index contributed by atoms with van der Waals surface area (Å²) in [6.45, 7) is 17.2. The number of ether oxygens (including phenoxy) is 1. The van der Waals surface area contributed by atoms with Gasteiger partial charge < -0.3 is 14.0 Å². The summed E-state index contributed by atoms with van der Waals surface area (Å²) in [6, 6.07) is 4.28. The number of aromatic nitrogens is 1. The molecule has 7 heteroatoms. The minimum absolute atomic E-state index is 0.187. The van der Waals surface area contributed by atoms with Gasteiger partial charge in [-0.15, -0.1) is 0 Å². The van der Waals surface area contributed by atoms with Gasteiger partial charge in [0.15, 0.2) is 0 Å². The molecule has 1 amide bonds. The first-order chi connectivity index (χ1) is 15.7. The maximum atomic E-state index is 13.5. The number of piperidine rings is 1. The lowest BCUT2D eigenvalue weighted by Crippen LogP contribution is -2.64. The first kappa shape index (κ1) is 24.1. The normalized spacial score (nSPS) is 33.8. The molecule has 3 heterocycles. The van der Waals surface area contributed by atoms with E-state index in [1.54, 1.807) is 0 Å². The standard InChI is InChI=1S/C27H41BN2O4/c1-17-14-18-15-21-20(11-12-22(29-21)28-33-25(5,6)26(7,8)34-28)27(16-17)19(18)10-9-13-30(27)23(31)32-24(2,3)4/h11-12,17-19H,9-10,13-16H2,1-8H3/t17-,18+,19-,27-/m1/s1. The molecule has 4 atom stereocenters. The highest BCUT2D eigenvalue weighted by atomic mass is 16.7. The van der Waals surface area contributed by atoms with Crippen LogP contribution in [-0.2, 0) is 26.0 Å². The van der Waals surface area contributed by atoms with Crippen molar-refractivity contribution in [2.45, 2.75) is 110 Å². The Labute approximate surface area is 205 Å². The third kappa shape index (κ3) is 3.69. The van der Waals surface area contributed by atoms with E-state index in [0.29, 0.717) is 17.8 Å². The van der Waals surface area contributed by atoms with E-state index >= 15 is 0 Å². The molecule has 2 saturated heterocycles. The number of fused-ring (bicyclic) bond motifs is 1. The molecule has 0 N–H and O–H groups in total. The zero-order valence-electron chi connectivity index (χ0n) is 22.2. The fourth-order valence-corrected chi connectivity index (χ4v) is 6.95. The van der Waals surface area contributed by atoms with E-state index in [4.69, 9.17) is 19.0 Å². The van der Waals surface area contributed by atoms with Crippen LogP contribution < -0.4 is 5.59 Å². The molecule has 1 aromatic rings. The summed E-state index contributed by atoms with van der Waals surface area (Å²) in [6.07, 6.45) is 5.13. The highest BCUT2D eigenvalue weighted by Crippen LogP contribution is 2.58. The van der Waals surface area contributed by atoms with Gasteiger partial charge in [0.05, 0.1) is 22.3 Å². The van der Waals surface area contributed by atoms with Gasteiger partial charge in [0.25, 0.3) is 0 Å². The third-order valence-corrected chi connectivity index (χ3v) is 8.95. The van der Waals surface area contributed by atoms with E-state index in [9.17, 15) is 4.79 Å². The molecule has 34 heavy (non-hydrogen) atoms. The topological polar surface area (TPSA) is 60.9 Å². The Bertz CT molecular complexity index is 971. The molecule has 3 fully saturated rings. The van der Waals surface area contributed by atoms with Crippen molar-refractivity contribution in [1.82, 2.24) is 9.88 Å². The largest absolute Gasteiger partial charge is 0.514 e. The van der Waals surface area contributed by atoms with Gasteiger partial charge in [0.2, 0.25) is 0 Å². The van der Waals surface area contributed by atoms with Crippen molar-refractivity contribution in [2.24, 2.45) is 17.8 Å². The van der Waals surface area contributed by atoms with Crippen molar-refractivity contribution in [3.63, 3.8) is 0 Å². The van der Waals surface area contributed by atoms with Crippen molar-refractivity contribution >= 4 is 18.8 Å². The lowest BCUT2D eigenvalue weighted by Gasteiger charge is -2.61. The predicted octanol–water partition coefficient (Wildman–Crippen LogP) is 4.83. The molecule has 1 aromatic heterocycles. The van der Waals surface area contributed by atoms with E-state index in [0.717, 1.165) is 43.5 Å². The highest BCUT2D eigenvalue weighted by Gasteiger charge is 2.60. The maximum Gasteiger partial charge on any atom is 0.514 e.